The number of hydrogen-bond acceptors (Lipinski definition) is 4. The van der Waals surface area contributed by atoms with Crippen LogP contribution < -0.4 is 0 Å². The van der Waals surface area contributed by atoms with Gasteiger partial charge in [-0.05, 0) is 68.1 Å². The van der Waals surface area contributed by atoms with Crippen molar-refractivity contribution in [2.24, 2.45) is 0 Å². The number of aryl methyl sites for hydroxylation is 3. The molecule has 6 heteroatoms. The van der Waals surface area contributed by atoms with E-state index in [2.05, 4.69) is 17.2 Å². The van der Waals surface area contributed by atoms with Crippen LogP contribution in [0.2, 0.25) is 0 Å². The van der Waals surface area contributed by atoms with Crippen LogP contribution >= 0.6 is 0 Å². The van der Waals surface area contributed by atoms with Crippen LogP contribution in [0.15, 0.2) is 52.4 Å². The fourth-order valence-electron chi connectivity index (χ4n) is 2.71. The third-order valence-electron chi connectivity index (χ3n) is 4.46. The molecule has 1 aromatic heterocycles. The lowest BCUT2D eigenvalue weighted by molar-refractivity contribution is 0.591. The second-order valence-corrected chi connectivity index (χ2v) is 8.03. The summed E-state index contributed by atoms with van der Waals surface area (Å²) in [5, 5.41) is 8.05. The molecule has 0 saturated carbocycles. The Hall–Kier alpha value is -2.47. The Morgan fingerprint density at radius 3 is 2.44 bits per heavy atom. The van der Waals surface area contributed by atoms with Crippen LogP contribution in [0.3, 0.4) is 0 Å². The third kappa shape index (κ3) is 3.09. The summed E-state index contributed by atoms with van der Waals surface area (Å²) in [4.78, 5) is 0.244. The summed E-state index contributed by atoms with van der Waals surface area (Å²) in [5.74, 6) is 0. The first kappa shape index (κ1) is 17.4. The van der Waals surface area contributed by atoms with Crippen LogP contribution in [0, 0.1) is 20.8 Å². The van der Waals surface area contributed by atoms with Gasteiger partial charge in [-0.15, -0.1) is 5.10 Å². The number of benzene rings is 2. The van der Waals surface area contributed by atoms with Crippen molar-refractivity contribution in [3.05, 3.63) is 64.8 Å². The maximum Gasteiger partial charge on any atom is 0.227 e. The average Bonchev–Trinajstić information content (AvgIpc) is 2.99. The van der Waals surface area contributed by atoms with Crippen molar-refractivity contribution in [2.75, 3.05) is 0 Å². The van der Waals surface area contributed by atoms with E-state index in [1.807, 2.05) is 44.2 Å². The van der Waals surface area contributed by atoms with Gasteiger partial charge in [0.25, 0.3) is 0 Å². The summed E-state index contributed by atoms with van der Waals surface area (Å²) in [5.41, 5.74) is 4.46. The summed E-state index contributed by atoms with van der Waals surface area (Å²) < 4.78 is 27.5. The van der Waals surface area contributed by atoms with Gasteiger partial charge in [0.1, 0.15) is 0 Å². The lowest BCUT2D eigenvalue weighted by Crippen LogP contribution is -2.06. The van der Waals surface area contributed by atoms with E-state index in [1.54, 1.807) is 23.7 Å². The Kier molecular flexibility index (Phi) is 4.47. The lowest BCUT2D eigenvalue weighted by atomic mass is 10.1. The molecule has 130 valence electrons. The SMILES string of the molecule is CCc1cccc(-n2nnc(S(=O)(=O)c3ccc(C)c(C)c3)c2C)c1. The second-order valence-electron chi connectivity index (χ2n) is 6.16. The largest absolute Gasteiger partial charge is 0.227 e. The first-order chi connectivity index (χ1) is 11.8. The minimum atomic E-state index is -3.71. The zero-order chi connectivity index (χ0) is 18.2. The van der Waals surface area contributed by atoms with Gasteiger partial charge in [0.05, 0.1) is 16.3 Å². The summed E-state index contributed by atoms with van der Waals surface area (Å²) in [6.07, 6.45) is 0.898. The van der Waals surface area contributed by atoms with E-state index in [9.17, 15) is 8.42 Å². The van der Waals surface area contributed by atoms with E-state index < -0.39 is 9.84 Å². The van der Waals surface area contributed by atoms with Crippen molar-refractivity contribution < 1.29 is 8.42 Å². The fraction of sp³-hybridized carbons (Fsp3) is 0.263. The molecule has 3 rings (SSSR count). The maximum atomic E-state index is 13.0. The zero-order valence-corrected chi connectivity index (χ0v) is 15.6. The molecule has 0 saturated heterocycles. The van der Waals surface area contributed by atoms with Gasteiger partial charge in [-0.1, -0.05) is 30.3 Å². The number of nitrogens with zero attached hydrogens (tertiary/aromatic N) is 3. The first-order valence-electron chi connectivity index (χ1n) is 8.18. The summed E-state index contributed by atoms with van der Waals surface area (Å²) in [6.45, 7) is 7.65. The molecule has 3 aromatic rings. The van der Waals surface area contributed by atoms with Crippen LogP contribution in [-0.2, 0) is 16.3 Å². The molecule has 0 N–H and O–H groups in total. The summed E-state index contributed by atoms with van der Waals surface area (Å²) >= 11 is 0. The minimum absolute atomic E-state index is 0.00217. The van der Waals surface area contributed by atoms with Crippen molar-refractivity contribution in [3.63, 3.8) is 0 Å². The van der Waals surface area contributed by atoms with E-state index >= 15 is 0 Å². The van der Waals surface area contributed by atoms with Gasteiger partial charge in [-0.25, -0.2) is 13.1 Å². The van der Waals surface area contributed by atoms with Gasteiger partial charge >= 0.3 is 0 Å². The Bertz CT molecular complexity index is 1040. The molecule has 0 atom stereocenters. The Morgan fingerprint density at radius 1 is 1.00 bits per heavy atom. The van der Waals surface area contributed by atoms with Crippen LogP contribution in [0.5, 0.6) is 0 Å². The number of hydrogen-bond donors (Lipinski definition) is 0. The molecule has 25 heavy (non-hydrogen) atoms. The molecule has 0 amide bonds. The third-order valence-corrected chi connectivity index (χ3v) is 6.22. The van der Waals surface area contributed by atoms with E-state index in [4.69, 9.17) is 0 Å². The molecule has 5 nitrogen and oxygen atoms in total. The number of rotatable bonds is 4. The predicted octanol–water partition coefficient (Wildman–Crippen LogP) is 3.59. The predicted molar refractivity (Wildman–Crippen MR) is 96.8 cm³/mol. The second kappa shape index (κ2) is 6.44. The monoisotopic (exact) mass is 355 g/mol. The zero-order valence-electron chi connectivity index (χ0n) is 14.8. The van der Waals surface area contributed by atoms with Gasteiger partial charge in [-0.3, -0.25) is 0 Å². The van der Waals surface area contributed by atoms with Crippen molar-refractivity contribution >= 4 is 9.84 Å². The van der Waals surface area contributed by atoms with Gasteiger partial charge in [0, 0.05) is 0 Å². The lowest BCUT2D eigenvalue weighted by Gasteiger charge is -2.07. The molecule has 0 radical (unpaired) electrons. The van der Waals surface area contributed by atoms with Crippen molar-refractivity contribution in [1.82, 2.24) is 15.0 Å². The Balaban J connectivity index is 2.09. The molecular weight excluding hydrogens is 334 g/mol. The molecule has 0 aliphatic carbocycles. The van der Waals surface area contributed by atoms with Gasteiger partial charge in [0.15, 0.2) is 0 Å². The average molecular weight is 355 g/mol. The number of aromatic nitrogens is 3. The van der Waals surface area contributed by atoms with Crippen LogP contribution in [0.1, 0.15) is 29.3 Å². The normalized spacial score (nSPS) is 11.7. The molecule has 2 aromatic carbocycles. The molecule has 0 unspecified atom stereocenters. The van der Waals surface area contributed by atoms with Crippen molar-refractivity contribution in [3.8, 4) is 5.69 Å². The quantitative estimate of drug-likeness (QED) is 0.717. The highest BCUT2D eigenvalue weighted by molar-refractivity contribution is 7.91. The van der Waals surface area contributed by atoms with E-state index in [0.29, 0.717) is 5.69 Å². The summed E-state index contributed by atoms with van der Waals surface area (Å²) in [6, 6.07) is 13.0. The molecule has 1 heterocycles. The van der Waals surface area contributed by atoms with E-state index in [-0.39, 0.29) is 9.92 Å². The number of sulfone groups is 1. The molecule has 0 fully saturated rings. The van der Waals surface area contributed by atoms with Crippen LogP contribution in [-0.4, -0.2) is 23.4 Å². The Morgan fingerprint density at radius 2 is 1.76 bits per heavy atom. The molecule has 0 bridgehead atoms. The summed E-state index contributed by atoms with van der Waals surface area (Å²) in [7, 11) is -3.71. The van der Waals surface area contributed by atoms with Gasteiger partial charge in [-0.2, -0.15) is 0 Å². The fourth-order valence-corrected chi connectivity index (χ4v) is 4.13. The molecule has 0 spiro atoms. The topological polar surface area (TPSA) is 64.8 Å². The molecule has 0 aliphatic rings. The standard InChI is InChI=1S/C19H21N3O2S/c1-5-16-7-6-8-17(12-16)22-15(4)19(20-21-22)25(23,24)18-10-9-13(2)14(3)11-18/h6-12H,5H2,1-4H3. The smallest absolute Gasteiger partial charge is 0.217 e. The maximum absolute atomic E-state index is 13.0. The highest BCUT2D eigenvalue weighted by Gasteiger charge is 2.26. The van der Waals surface area contributed by atoms with E-state index in [0.717, 1.165) is 28.8 Å². The van der Waals surface area contributed by atoms with Crippen LogP contribution in [0.25, 0.3) is 5.69 Å². The van der Waals surface area contributed by atoms with Crippen molar-refractivity contribution in [1.29, 1.82) is 0 Å². The van der Waals surface area contributed by atoms with Crippen molar-refractivity contribution in [2.45, 2.75) is 44.0 Å². The van der Waals surface area contributed by atoms with Crippen LogP contribution in [0.4, 0.5) is 0 Å². The van der Waals surface area contributed by atoms with E-state index in [1.165, 1.54) is 0 Å². The van der Waals surface area contributed by atoms with Gasteiger partial charge in [0.2, 0.25) is 14.9 Å². The molecular formula is C19H21N3O2S. The highest BCUT2D eigenvalue weighted by atomic mass is 32.2. The van der Waals surface area contributed by atoms with Gasteiger partial charge < -0.3 is 0 Å². The first-order valence-corrected chi connectivity index (χ1v) is 9.67. The minimum Gasteiger partial charge on any atom is -0.217 e. The molecule has 0 aliphatic heterocycles. The Labute approximate surface area is 148 Å². The highest BCUT2D eigenvalue weighted by Crippen LogP contribution is 2.25.